The number of aromatic hydroxyl groups is 1. The Bertz CT molecular complexity index is 1080. The molecule has 0 fully saturated rings. The lowest BCUT2D eigenvalue weighted by Gasteiger charge is -2.20. The van der Waals surface area contributed by atoms with Gasteiger partial charge in [-0.25, -0.2) is 8.42 Å². The highest BCUT2D eigenvalue weighted by molar-refractivity contribution is 9.10. The fourth-order valence-corrected chi connectivity index (χ4v) is 3.83. The van der Waals surface area contributed by atoms with Crippen molar-refractivity contribution in [2.45, 2.75) is 36.9 Å². The molecule has 0 aliphatic heterocycles. The zero-order valence-electron chi connectivity index (χ0n) is 16.1. The van der Waals surface area contributed by atoms with E-state index in [4.69, 9.17) is 4.74 Å². The van der Waals surface area contributed by atoms with Crippen LogP contribution in [0.2, 0.25) is 0 Å². The average Bonchev–Trinajstić information content (AvgIpc) is 2.63. The number of phenols is 1. The number of ketones is 1. The van der Waals surface area contributed by atoms with Crippen molar-refractivity contribution in [1.29, 1.82) is 0 Å². The molecule has 1 atom stereocenters. The van der Waals surface area contributed by atoms with Gasteiger partial charge >= 0.3 is 12.1 Å². The molecule has 7 nitrogen and oxygen atoms in total. The maximum Gasteiger partial charge on any atom is 0.451 e. The lowest BCUT2D eigenvalue weighted by Crippen LogP contribution is -2.35. The predicted octanol–water partition coefficient (Wildman–Crippen LogP) is 4.12. The number of nitrogens with one attached hydrogen (secondary N) is 1. The maximum absolute atomic E-state index is 13.1. The highest BCUT2D eigenvalue weighted by atomic mass is 79.9. The first-order valence-corrected chi connectivity index (χ1v) is 10.9. The molecule has 12 heteroatoms. The Labute approximate surface area is 184 Å². The molecule has 0 aliphatic carbocycles. The van der Waals surface area contributed by atoms with Gasteiger partial charge in [-0.15, -0.1) is 0 Å². The first-order valence-electron chi connectivity index (χ1n) is 8.65. The average molecular weight is 524 g/mol. The number of halogens is 4. The van der Waals surface area contributed by atoms with Gasteiger partial charge in [0.05, 0.1) is 11.0 Å². The summed E-state index contributed by atoms with van der Waals surface area (Å²) in [5, 5.41) is 10.0. The molecule has 0 bridgehead atoms. The van der Waals surface area contributed by atoms with Crippen LogP contribution >= 0.6 is 15.9 Å². The van der Waals surface area contributed by atoms with Crippen LogP contribution in [0.3, 0.4) is 0 Å². The van der Waals surface area contributed by atoms with E-state index in [2.05, 4.69) is 20.7 Å². The zero-order valence-corrected chi connectivity index (χ0v) is 18.5. The standard InChI is InChI=1S/C19H17BrF3NO6S/c1-10(2)30-18(27)16(17(26)19(21,22)23)14-9-12(5-8-15(14)25)24-31(28,29)13-6-3-11(20)4-7-13/h3-10,16,24-25H,1-2H3/t16-/m1/s1. The smallest absolute Gasteiger partial charge is 0.451 e. The van der Waals surface area contributed by atoms with Gasteiger partial charge in [-0.1, -0.05) is 15.9 Å². The molecule has 2 N–H and O–H groups in total. The van der Waals surface area contributed by atoms with E-state index in [9.17, 15) is 36.3 Å². The number of benzene rings is 2. The van der Waals surface area contributed by atoms with Crippen molar-refractivity contribution in [1.82, 2.24) is 0 Å². The summed E-state index contributed by atoms with van der Waals surface area (Å²) in [5.41, 5.74) is -1.02. The van der Waals surface area contributed by atoms with Crippen LogP contribution in [0.5, 0.6) is 5.75 Å². The monoisotopic (exact) mass is 523 g/mol. The first-order chi connectivity index (χ1) is 14.2. The van der Waals surface area contributed by atoms with Crippen molar-refractivity contribution >= 4 is 43.4 Å². The number of esters is 1. The summed E-state index contributed by atoms with van der Waals surface area (Å²) >= 11 is 3.16. The number of hydrogen-bond acceptors (Lipinski definition) is 6. The molecule has 168 valence electrons. The Morgan fingerprint density at radius 3 is 2.19 bits per heavy atom. The molecule has 0 saturated heterocycles. The van der Waals surface area contributed by atoms with Gasteiger partial charge in [-0.2, -0.15) is 13.2 Å². The highest BCUT2D eigenvalue weighted by Gasteiger charge is 2.48. The maximum atomic E-state index is 13.1. The van der Waals surface area contributed by atoms with E-state index in [0.29, 0.717) is 4.47 Å². The van der Waals surface area contributed by atoms with Crippen LogP contribution in [0.1, 0.15) is 25.3 Å². The fourth-order valence-electron chi connectivity index (χ4n) is 2.52. The van der Waals surface area contributed by atoms with Crippen LogP contribution < -0.4 is 4.72 Å². The second-order valence-electron chi connectivity index (χ2n) is 6.61. The molecular formula is C19H17BrF3NO6S. The number of anilines is 1. The Balaban J connectivity index is 2.49. The van der Waals surface area contributed by atoms with Crippen molar-refractivity contribution < 1.29 is 41.0 Å². The summed E-state index contributed by atoms with van der Waals surface area (Å²) in [6.07, 6.45) is -6.24. The Kier molecular flexibility index (Phi) is 7.37. The van der Waals surface area contributed by atoms with Crippen molar-refractivity contribution in [3.05, 3.63) is 52.5 Å². The normalized spacial score (nSPS) is 13.0. The lowest BCUT2D eigenvalue weighted by atomic mass is 9.93. The van der Waals surface area contributed by atoms with Gasteiger partial charge in [0, 0.05) is 15.7 Å². The molecule has 0 heterocycles. The summed E-state index contributed by atoms with van der Waals surface area (Å²) in [5.74, 6) is -7.32. The number of hydrogen-bond donors (Lipinski definition) is 2. The van der Waals surface area contributed by atoms with Crippen LogP contribution in [0.15, 0.2) is 51.8 Å². The summed E-state index contributed by atoms with van der Waals surface area (Å²) < 4.78 is 71.8. The second kappa shape index (κ2) is 9.27. The van der Waals surface area contributed by atoms with Crippen molar-refractivity contribution in [2.24, 2.45) is 0 Å². The molecule has 0 saturated carbocycles. The predicted molar refractivity (Wildman–Crippen MR) is 108 cm³/mol. The molecule has 2 aromatic rings. The minimum absolute atomic E-state index is 0.146. The van der Waals surface area contributed by atoms with E-state index < -0.39 is 51.3 Å². The van der Waals surface area contributed by atoms with Crippen LogP contribution in [0.4, 0.5) is 18.9 Å². The number of sulfonamides is 1. The van der Waals surface area contributed by atoms with Gasteiger partial charge in [-0.3, -0.25) is 14.3 Å². The molecule has 0 radical (unpaired) electrons. The van der Waals surface area contributed by atoms with E-state index >= 15 is 0 Å². The third-order valence-corrected chi connectivity index (χ3v) is 5.77. The van der Waals surface area contributed by atoms with E-state index in [0.717, 1.165) is 18.2 Å². The number of Topliss-reactive ketones (excluding diaryl/α,β-unsaturated/α-hetero) is 1. The number of carbonyl (C=O) groups excluding carboxylic acids is 2. The molecule has 0 spiro atoms. The minimum Gasteiger partial charge on any atom is -0.508 e. The van der Waals surface area contributed by atoms with Crippen molar-refractivity contribution in [3.8, 4) is 5.75 Å². The van der Waals surface area contributed by atoms with Crippen molar-refractivity contribution in [2.75, 3.05) is 4.72 Å². The zero-order chi connectivity index (χ0) is 23.6. The molecule has 0 aromatic heterocycles. The summed E-state index contributed by atoms with van der Waals surface area (Å²) in [4.78, 5) is 24.0. The molecule has 0 aliphatic rings. The fraction of sp³-hybridized carbons (Fsp3) is 0.263. The van der Waals surface area contributed by atoms with Gasteiger partial charge < -0.3 is 9.84 Å². The minimum atomic E-state index is -5.40. The van der Waals surface area contributed by atoms with Gasteiger partial charge in [0.1, 0.15) is 5.75 Å². The summed E-state index contributed by atoms with van der Waals surface area (Å²) in [6.45, 7) is 2.74. The molecule has 0 unspecified atom stereocenters. The van der Waals surface area contributed by atoms with Crippen LogP contribution in [-0.2, 0) is 24.3 Å². The quantitative estimate of drug-likeness (QED) is 0.321. The SMILES string of the molecule is CC(C)OC(=O)[C@@H](C(=O)C(F)(F)F)c1cc(NS(=O)(=O)c2ccc(Br)cc2)ccc1O. The highest BCUT2D eigenvalue weighted by Crippen LogP contribution is 2.35. The van der Waals surface area contributed by atoms with Crippen LogP contribution in [0, 0.1) is 0 Å². The van der Waals surface area contributed by atoms with E-state index in [1.54, 1.807) is 0 Å². The van der Waals surface area contributed by atoms with E-state index in [1.807, 2.05) is 0 Å². The van der Waals surface area contributed by atoms with E-state index in [-0.39, 0.29) is 10.6 Å². The van der Waals surface area contributed by atoms with Crippen LogP contribution in [0.25, 0.3) is 0 Å². The largest absolute Gasteiger partial charge is 0.508 e. The Morgan fingerprint density at radius 1 is 1.10 bits per heavy atom. The van der Waals surface area contributed by atoms with Gasteiger partial charge in [-0.05, 0) is 56.3 Å². The summed E-state index contributed by atoms with van der Waals surface area (Å²) in [7, 11) is -4.15. The number of carbonyl (C=O) groups is 2. The Hall–Kier alpha value is -2.60. The lowest BCUT2D eigenvalue weighted by molar-refractivity contribution is -0.178. The van der Waals surface area contributed by atoms with Gasteiger partial charge in [0.15, 0.2) is 5.92 Å². The van der Waals surface area contributed by atoms with E-state index in [1.165, 1.54) is 38.1 Å². The van der Waals surface area contributed by atoms with Gasteiger partial charge in [0.2, 0.25) is 0 Å². The van der Waals surface area contributed by atoms with Gasteiger partial charge in [0.25, 0.3) is 15.8 Å². The Morgan fingerprint density at radius 2 is 1.68 bits per heavy atom. The number of alkyl halides is 3. The van der Waals surface area contributed by atoms with Crippen LogP contribution in [-0.4, -0.2) is 37.6 Å². The third-order valence-electron chi connectivity index (χ3n) is 3.84. The number of ether oxygens (including phenoxy) is 1. The molecule has 31 heavy (non-hydrogen) atoms. The molecule has 0 amide bonds. The third kappa shape index (κ3) is 6.20. The van der Waals surface area contributed by atoms with Crippen molar-refractivity contribution in [3.63, 3.8) is 0 Å². The molecule has 2 aromatic carbocycles. The second-order valence-corrected chi connectivity index (χ2v) is 9.21. The first kappa shape index (κ1) is 24.7. The molecular weight excluding hydrogens is 507 g/mol. The number of phenolic OH excluding ortho intramolecular Hbond substituents is 1. The topological polar surface area (TPSA) is 110 Å². The molecule has 2 rings (SSSR count). The number of rotatable bonds is 7. The summed E-state index contributed by atoms with van der Waals surface area (Å²) in [6, 6.07) is 8.22.